The third-order valence-electron chi connectivity index (χ3n) is 4.47. The monoisotopic (exact) mass is 480 g/mol. The van der Waals surface area contributed by atoms with Crippen molar-refractivity contribution >= 4 is 49.8 Å². The topological polar surface area (TPSA) is 112 Å². The van der Waals surface area contributed by atoms with Crippen molar-refractivity contribution in [2.75, 3.05) is 15.4 Å². The highest BCUT2D eigenvalue weighted by Gasteiger charge is 2.46. The first-order valence-corrected chi connectivity index (χ1v) is 10.8. The number of nitrogens with one attached hydrogen (secondary N) is 4. The Hall–Kier alpha value is -3.87. The molecule has 0 aliphatic rings. The van der Waals surface area contributed by atoms with Gasteiger partial charge in [0.1, 0.15) is 5.82 Å². The predicted octanol–water partition coefficient (Wildman–Crippen LogP) is 5.15. The third kappa shape index (κ3) is 4.82. The number of anilines is 5. The Morgan fingerprint density at radius 3 is 2.52 bits per heavy atom. The van der Waals surface area contributed by atoms with E-state index in [-0.39, 0.29) is 28.8 Å². The Morgan fingerprint density at radius 2 is 1.76 bits per heavy atom. The van der Waals surface area contributed by atoms with Gasteiger partial charge in [-0.05, 0) is 49.4 Å². The normalized spacial score (nSPS) is 12.0. The van der Waals surface area contributed by atoms with Crippen LogP contribution in [0.2, 0.25) is 0 Å². The number of aromatic nitrogens is 3. The summed E-state index contributed by atoms with van der Waals surface area (Å²) in [4.78, 5) is 11.3. The summed E-state index contributed by atoms with van der Waals surface area (Å²) in [6, 6.07) is 11.6. The number of hydrogen-bond acceptors (Lipinski definition) is 6. The van der Waals surface area contributed by atoms with E-state index in [2.05, 4.69) is 25.6 Å². The van der Waals surface area contributed by atoms with Gasteiger partial charge in [0.2, 0.25) is 5.95 Å². The lowest BCUT2D eigenvalue weighted by molar-refractivity contribution is -0.0429. The molecule has 2 aromatic carbocycles. The lowest BCUT2D eigenvalue weighted by Gasteiger charge is -2.12. The lowest BCUT2D eigenvalue weighted by Crippen LogP contribution is -2.29. The van der Waals surface area contributed by atoms with E-state index in [9.17, 15) is 26.0 Å². The van der Waals surface area contributed by atoms with Gasteiger partial charge in [-0.1, -0.05) is 6.07 Å². The number of hydrogen-bond donors (Lipinski definition) is 4. The summed E-state index contributed by atoms with van der Waals surface area (Å²) in [5.74, 6) is -0.156. The van der Waals surface area contributed by atoms with E-state index in [4.69, 9.17) is 0 Å². The number of benzene rings is 2. The number of alkyl halides is 3. The number of rotatable bonds is 6. The molecule has 0 amide bonds. The summed E-state index contributed by atoms with van der Waals surface area (Å²) in [7, 11) is -5.56. The molecule has 172 valence electrons. The second-order valence-corrected chi connectivity index (χ2v) is 8.66. The Bertz CT molecular complexity index is 1440. The molecule has 8 nitrogen and oxygen atoms in total. The predicted molar refractivity (Wildman–Crippen MR) is 117 cm³/mol. The fourth-order valence-electron chi connectivity index (χ4n) is 3.03. The molecule has 4 N–H and O–H groups in total. The van der Waals surface area contributed by atoms with E-state index in [1.54, 1.807) is 18.2 Å². The maximum atomic E-state index is 14.8. The third-order valence-corrected chi connectivity index (χ3v) is 5.58. The van der Waals surface area contributed by atoms with Crippen LogP contribution in [-0.4, -0.2) is 28.9 Å². The van der Waals surface area contributed by atoms with Crippen molar-refractivity contribution in [1.29, 1.82) is 0 Å². The molecule has 13 heteroatoms. The molecule has 0 saturated heterocycles. The van der Waals surface area contributed by atoms with Gasteiger partial charge in [-0.3, -0.25) is 4.72 Å². The molecule has 0 unspecified atom stereocenters. The SMILES string of the molecule is Cc1cc2c(F)c(Nc3ccnc(Nc4cccc(NS(=O)(=O)C(F)(F)F)c4)n3)ccc2[nH]1. The minimum atomic E-state index is -5.56. The molecule has 0 bridgehead atoms. The minimum Gasteiger partial charge on any atom is -0.359 e. The first-order chi connectivity index (χ1) is 15.5. The smallest absolute Gasteiger partial charge is 0.359 e. The first-order valence-electron chi connectivity index (χ1n) is 9.36. The van der Waals surface area contributed by atoms with E-state index >= 15 is 0 Å². The number of halogens is 4. The summed E-state index contributed by atoms with van der Waals surface area (Å²) >= 11 is 0. The molecule has 2 aromatic heterocycles. The van der Waals surface area contributed by atoms with Gasteiger partial charge in [-0.2, -0.15) is 26.6 Å². The van der Waals surface area contributed by atoms with Gasteiger partial charge in [0.05, 0.1) is 11.4 Å². The Morgan fingerprint density at radius 1 is 1.00 bits per heavy atom. The number of sulfonamides is 1. The van der Waals surface area contributed by atoms with Crippen LogP contribution in [0.25, 0.3) is 10.9 Å². The molecule has 4 rings (SSSR count). The van der Waals surface area contributed by atoms with Crippen molar-refractivity contribution in [3.63, 3.8) is 0 Å². The van der Waals surface area contributed by atoms with Gasteiger partial charge in [0, 0.05) is 28.5 Å². The zero-order valence-electron chi connectivity index (χ0n) is 16.8. The lowest BCUT2D eigenvalue weighted by atomic mass is 10.2. The van der Waals surface area contributed by atoms with Crippen LogP contribution in [0, 0.1) is 12.7 Å². The molecule has 0 aliphatic carbocycles. The molecule has 0 saturated carbocycles. The maximum Gasteiger partial charge on any atom is 0.516 e. The summed E-state index contributed by atoms with van der Waals surface area (Å²) in [5.41, 5.74) is -3.86. The highest BCUT2D eigenvalue weighted by molar-refractivity contribution is 7.93. The van der Waals surface area contributed by atoms with Crippen molar-refractivity contribution < 1.29 is 26.0 Å². The zero-order chi connectivity index (χ0) is 23.8. The molecular weight excluding hydrogens is 464 g/mol. The van der Waals surface area contributed by atoms with Gasteiger partial charge >= 0.3 is 15.5 Å². The quantitative estimate of drug-likeness (QED) is 0.284. The van der Waals surface area contributed by atoms with Gasteiger partial charge in [0.15, 0.2) is 5.82 Å². The number of fused-ring (bicyclic) bond motifs is 1. The van der Waals surface area contributed by atoms with Crippen LogP contribution in [0.4, 0.5) is 46.4 Å². The Labute approximate surface area is 185 Å². The zero-order valence-corrected chi connectivity index (χ0v) is 17.6. The van der Waals surface area contributed by atoms with Gasteiger partial charge in [0.25, 0.3) is 0 Å². The van der Waals surface area contributed by atoms with Gasteiger partial charge < -0.3 is 15.6 Å². The second kappa shape index (κ2) is 8.24. The van der Waals surface area contributed by atoms with Crippen molar-refractivity contribution in [3.8, 4) is 0 Å². The largest absolute Gasteiger partial charge is 0.516 e. The van der Waals surface area contributed by atoms with Gasteiger partial charge in [-0.25, -0.2) is 9.37 Å². The first kappa shape index (κ1) is 22.3. The molecule has 0 radical (unpaired) electrons. The van der Waals surface area contributed by atoms with Crippen molar-refractivity contribution in [1.82, 2.24) is 15.0 Å². The number of nitrogens with zero attached hydrogens (tertiary/aromatic N) is 2. The summed E-state index contributed by atoms with van der Waals surface area (Å²) < 4.78 is 76.6. The van der Waals surface area contributed by atoms with Crippen LogP contribution >= 0.6 is 0 Å². The fourth-order valence-corrected chi connectivity index (χ4v) is 3.59. The molecular formula is C20H16F4N6O2S. The molecule has 2 heterocycles. The molecule has 0 spiro atoms. The van der Waals surface area contributed by atoms with E-state index in [0.717, 1.165) is 17.8 Å². The number of aryl methyl sites for hydroxylation is 1. The van der Waals surface area contributed by atoms with Crippen molar-refractivity contribution in [2.24, 2.45) is 0 Å². The van der Waals surface area contributed by atoms with E-state index in [1.165, 1.54) is 29.1 Å². The van der Waals surface area contributed by atoms with Crippen LogP contribution in [0.15, 0.2) is 54.7 Å². The van der Waals surface area contributed by atoms with Crippen molar-refractivity contribution in [2.45, 2.75) is 12.4 Å². The van der Waals surface area contributed by atoms with Crippen LogP contribution in [-0.2, 0) is 10.0 Å². The Balaban J connectivity index is 1.53. The average molecular weight is 480 g/mol. The second-order valence-electron chi connectivity index (χ2n) is 6.99. The van der Waals surface area contributed by atoms with E-state index < -0.39 is 21.3 Å². The molecule has 4 aromatic rings. The van der Waals surface area contributed by atoms with E-state index in [0.29, 0.717) is 10.9 Å². The van der Waals surface area contributed by atoms with Crippen LogP contribution in [0.1, 0.15) is 5.69 Å². The molecule has 0 fully saturated rings. The van der Waals surface area contributed by atoms with Crippen LogP contribution < -0.4 is 15.4 Å². The maximum absolute atomic E-state index is 14.8. The highest BCUT2D eigenvalue weighted by atomic mass is 32.2. The van der Waals surface area contributed by atoms with Crippen molar-refractivity contribution in [3.05, 3.63) is 66.2 Å². The van der Waals surface area contributed by atoms with Gasteiger partial charge in [-0.15, -0.1) is 0 Å². The van der Waals surface area contributed by atoms with Crippen LogP contribution in [0.5, 0.6) is 0 Å². The standard InChI is InChI=1S/C20H16F4N6O2S/c1-11-9-14-15(26-11)5-6-16(18(14)21)28-17-7-8-25-19(29-17)27-12-3-2-4-13(10-12)30-33(31,32)20(22,23)24/h2-10,26,30H,1H3,(H2,25,27,28,29). The fraction of sp³-hybridized carbons (Fsp3) is 0.100. The van der Waals surface area contributed by atoms with Crippen LogP contribution in [0.3, 0.4) is 0 Å². The molecule has 33 heavy (non-hydrogen) atoms. The minimum absolute atomic E-state index is 0.0507. The molecule has 0 aliphatic heterocycles. The summed E-state index contributed by atoms with van der Waals surface area (Å²) in [6.45, 7) is 1.82. The Kier molecular flexibility index (Phi) is 5.57. The van der Waals surface area contributed by atoms with E-state index in [1.807, 2.05) is 6.92 Å². The number of aromatic amines is 1. The number of H-pyrrole nitrogens is 1. The highest BCUT2D eigenvalue weighted by Crippen LogP contribution is 2.29. The molecule has 0 atom stereocenters. The average Bonchev–Trinajstić information content (AvgIpc) is 3.11. The summed E-state index contributed by atoms with van der Waals surface area (Å²) in [5, 5.41) is 6.05. The summed E-state index contributed by atoms with van der Waals surface area (Å²) in [6.07, 6.45) is 1.39.